The van der Waals surface area contributed by atoms with Gasteiger partial charge in [0.05, 0.1) is 10.2 Å². The van der Waals surface area contributed by atoms with Crippen LogP contribution in [0.25, 0.3) is 0 Å². The Balaban J connectivity index is 1.54. The standard InChI is InChI=1S/C19H19N3O4S/c1-12(27-17-10-8-16(9-11-17)22(25)26)18(23)20-14-4-2-13(3-5-14)19(24)21-15-6-7-15/h2-5,8-12,15H,6-7H2,1H3,(H,20,23)(H,21,24). The number of carbonyl (C=O) groups is 2. The first-order valence-electron chi connectivity index (χ1n) is 8.55. The summed E-state index contributed by atoms with van der Waals surface area (Å²) in [5.74, 6) is -0.286. The molecule has 1 saturated carbocycles. The fraction of sp³-hybridized carbons (Fsp3) is 0.263. The first kappa shape index (κ1) is 18.9. The van der Waals surface area contributed by atoms with E-state index < -0.39 is 4.92 Å². The minimum Gasteiger partial charge on any atom is -0.349 e. The lowest BCUT2D eigenvalue weighted by atomic mass is 10.2. The Hall–Kier alpha value is -2.87. The molecule has 1 aliphatic carbocycles. The fourth-order valence-corrected chi connectivity index (χ4v) is 3.22. The molecule has 1 fully saturated rings. The van der Waals surface area contributed by atoms with Gasteiger partial charge in [-0.15, -0.1) is 11.8 Å². The van der Waals surface area contributed by atoms with Crippen molar-refractivity contribution in [2.75, 3.05) is 5.32 Å². The van der Waals surface area contributed by atoms with E-state index in [0.29, 0.717) is 17.3 Å². The Morgan fingerprint density at radius 3 is 2.30 bits per heavy atom. The number of thioether (sulfide) groups is 1. The molecule has 0 aliphatic heterocycles. The number of benzene rings is 2. The van der Waals surface area contributed by atoms with Crippen molar-refractivity contribution in [1.29, 1.82) is 0 Å². The third-order valence-corrected chi connectivity index (χ3v) is 5.17. The number of anilines is 1. The molecule has 2 N–H and O–H groups in total. The second-order valence-corrected chi connectivity index (χ2v) is 7.74. The van der Waals surface area contributed by atoms with Crippen molar-refractivity contribution in [3.8, 4) is 0 Å². The van der Waals surface area contributed by atoms with Gasteiger partial charge in [-0.25, -0.2) is 0 Å². The maximum Gasteiger partial charge on any atom is 0.269 e. The van der Waals surface area contributed by atoms with Crippen LogP contribution in [-0.4, -0.2) is 28.0 Å². The van der Waals surface area contributed by atoms with Gasteiger partial charge in [0.2, 0.25) is 5.91 Å². The maximum atomic E-state index is 12.3. The number of nitro benzene ring substituents is 1. The zero-order chi connectivity index (χ0) is 19.4. The molecule has 0 aromatic heterocycles. The van der Waals surface area contributed by atoms with Crippen LogP contribution in [0, 0.1) is 10.1 Å². The van der Waals surface area contributed by atoms with Crippen LogP contribution in [0.4, 0.5) is 11.4 Å². The van der Waals surface area contributed by atoms with Crippen molar-refractivity contribution >= 4 is 35.0 Å². The summed E-state index contributed by atoms with van der Waals surface area (Å²) in [5, 5.41) is 16.0. The maximum absolute atomic E-state index is 12.3. The number of nitro groups is 1. The van der Waals surface area contributed by atoms with Crippen molar-refractivity contribution in [3.63, 3.8) is 0 Å². The second kappa shape index (κ2) is 8.22. The third-order valence-electron chi connectivity index (χ3n) is 4.06. The van der Waals surface area contributed by atoms with Gasteiger partial charge >= 0.3 is 0 Å². The normalized spacial score (nSPS) is 14.3. The highest BCUT2D eigenvalue weighted by Crippen LogP contribution is 2.26. The average molecular weight is 385 g/mol. The molecule has 0 bridgehead atoms. The third kappa shape index (κ3) is 5.30. The van der Waals surface area contributed by atoms with Gasteiger partial charge in [-0.05, 0) is 56.2 Å². The fourth-order valence-electron chi connectivity index (χ4n) is 2.35. The number of amides is 2. The monoisotopic (exact) mass is 385 g/mol. The van der Waals surface area contributed by atoms with Crippen LogP contribution in [-0.2, 0) is 4.79 Å². The van der Waals surface area contributed by atoms with E-state index in [1.54, 1.807) is 43.3 Å². The molecule has 0 saturated heterocycles. The first-order chi connectivity index (χ1) is 12.9. The average Bonchev–Trinajstić information content (AvgIpc) is 3.46. The predicted octanol–water partition coefficient (Wildman–Crippen LogP) is 3.61. The van der Waals surface area contributed by atoms with Gasteiger partial charge in [-0.3, -0.25) is 19.7 Å². The smallest absolute Gasteiger partial charge is 0.269 e. The van der Waals surface area contributed by atoms with Crippen LogP contribution < -0.4 is 10.6 Å². The number of non-ortho nitro benzene ring substituents is 1. The van der Waals surface area contributed by atoms with E-state index in [9.17, 15) is 19.7 Å². The molecule has 8 heteroatoms. The highest BCUT2D eigenvalue weighted by molar-refractivity contribution is 8.00. The molecule has 140 valence electrons. The highest BCUT2D eigenvalue weighted by Gasteiger charge is 2.23. The number of nitrogens with zero attached hydrogens (tertiary/aromatic N) is 1. The summed E-state index contributed by atoms with van der Waals surface area (Å²) in [6, 6.07) is 13.1. The zero-order valence-corrected chi connectivity index (χ0v) is 15.5. The van der Waals surface area contributed by atoms with Crippen molar-refractivity contribution < 1.29 is 14.5 Å². The van der Waals surface area contributed by atoms with Gasteiger partial charge < -0.3 is 10.6 Å². The summed E-state index contributed by atoms with van der Waals surface area (Å²) in [6.07, 6.45) is 2.06. The number of carbonyl (C=O) groups excluding carboxylic acids is 2. The molecule has 0 spiro atoms. The molecule has 2 amide bonds. The van der Waals surface area contributed by atoms with Crippen LogP contribution in [0.15, 0.2) is 53.4 Å². The van der Waals surface area contributed by atoms with E-state index in [1.165, 1.54) is 23.9 Å². The topological polar surface area (TPSA) is 101 Å². The molecule has 2 aromatic rings. The number of rotatable bonds is 7. The number of hydrogen-bond donors (Lipinski definition) is 2. The molecule has 3 rings (SSSR count). The van der Waals surface area contributed by atoms with Crippen LogP contribution in [0.3, 0.4) is 0 Å². The van der Waals surface area contributed by atoms with Gasteiger partial charge in [0.1, 0.15) is 0 Å². The van der Waals surface area contributed by atoms with Crippen LogP contribution in [0.2, 0.25) is 0 Å². The van der Waals surface area contributed by atoms with E-state index in [4.69, 9.17) is 0 Å². The zero-order valence-electron chi connectivity index (χ0n) is 14.7. The molecule has 27 heavy (non-hydrogen) atoms. The highest BCUT2D eigenvalue weighted by atomic mass is 32.2. The summed E-state index contributed by atoms with van der Waals surface area (Å²) in [7, 11) is 0. The molecule has 7 nitrogen and oxygen atoms in total. The van der Waals surface area contributed by atoms with Gasteiger partial charge in [-0.1, -0.05) is 0 Å². The van der Waals surface area contributed by atoms with Gasteiger partial charge in [-0.2, -0.15) is 0 Å². The van der Waals surface area contributed by atoms with Gasteiger partial charge in [0.25, 0.3) is 11.6 Å². The molecule has 1 aliphatic rings. The largest absolute Gasteiger partial charge is 0.349 e. The molecule has 1 atom stereocenters. The lowest BCUT2D eigenvalue weighted by molar-refractivity contribution is -0.384. The molecule has 0 radical (unpaired) electrons. The summed E-state index contributed by atoms with van der Waals surface area (Å²) in [5.41, 5.74) is 1.19. The summed E-state index contributed by atoms with van der Waals surface area (Å²) < 4.78 is 0. The van der Waals surface area contributed by atoms with Crippen molar-refractivity contribution in [3.05, 3.63) is 64.2 Å². The predicted molar refractivity (Wildman–Crippen MR) is 104 cm³/mol. The van der Waals surface area contributed by atoms with Crippen molar-refractivity contribution in [2.45, 2.75) is 36.0 Å². The van der Waals surface area contributed by atoms with Gasteiger partial charge in [0, 0.05) is 34.3 Å². The Morgan fingerprint density at radius 1 is 1.11 bits per heavy atom. The summed E-state index contributed by atoms with van der Waals surface area (Å²) in [4.78, 5) is 35.3. The van der Waals surface area contributed by atoms with E-state index in [-0.39, 0.29) is 22.8 Å². The molecule has 1 unspecified atom stereocenters. The SMILES string of the molecule is CC(Sc1ccc([N+](=O)[O-])cc1)C(=O)Nc1ccc(C(=O)NC2CC2)cc1. The lowest BCUT2D eigenvalue weighted by Gasteiger charge is -2.12. The van der Waals surface area contributed by atoms with E-state index >= 15 is 0 Å². The Morgan fingerprint density at radius 2 is 1.74 bits per heavy atom. The van der Waals surface area contributed by atoms with Crippen LogP contribution >= 0.6 is 11.8 Å². The summed E-state index contributed by atoms with van der Waals surface area (Å²) >= 11 is 1.31. The molecular formula is C19H19N3O4S. The molecule has 0 heterocycles. The van der Waals surface area contributed by atoms with E-state index in [1.807, 2.05) is 0 Å². The van der Waals surface area contributed by atoms with Crippen molar-refractivity contribution in [2.24, 2.45) is 0 Å². The van der Waals surface area contributed by atoms with Crippen LogP contribution in [0.5, 0.6) is 0 Å². The van der Waals surface area contributed by atoms with Gasteiger partial charge in [0.15, 0.2) is 0 Å². The second-order valence-electron chi connectivity index (χ2n) is 6.33. The van der Waals surface area contributed by atoms with Crippen LogP contribution in [0.1, 0.15) is 30.1 Å². The number of nitrogens with one attached hydrogen (secondary N) is 2. The first-order valence-corrected chi connectivity index (χ1v) is 9.43. The Bertz CT molecular complexity index is 848. The number of hydrogen-bond acceptors (Lipinski definition) is 5. The molecular weight excluding hydrogens is 366 g/mol. The molecule has 2 aromatic carbocycles. The minimum absolute atomic E-state index is 0.0160. The van der Waals surface area contributed by atoms with Crippen molar-refractivity contribution in [1.82, 2.24) is 5.32 Å². The Kier molecular flexibility index (Phi) is 5.75. The van der Waals surface area contributed by atoms with E-state index in [0.717, 1.165) is 17.7 Å². The van der Waals surface area contributed by atoms with E-state index in [2.05, 4.69) is 10.6 Å². The summed E-state index contributed by atoms with van der Waals surface area (Å²) in [6.45, 7) is 1.76. The quantitative estimate of drug-likeness (QED) is 0.431. The lowest BCUT2D eigenvalue weighted by Crippen LogP contribution is -2.25. The Labute approximate surface area is 160 Å². The minimum atomic E-state index is -0.459.